The van der Waals surface area contributed by atoms with Gasteiger partial charge in [-0.1, -0.05) is 12.1 Å². The molecule has 0 saturated carbocycles. The molecule has 1 aromatic carbocycles. The number of hydrogen-bond donors (Lipinski definition) is 1. The summed E-state index contributed by atoms with van der Waals surface area (Å²) in [7, 11) is 0. The van der Waals surface area contributed by atoms with Crippen molar-refractivity contribution >= 4 is 21.6 Å². The number of ether oxygens (including phenoxy) is 1. The smallest absolute Gasteiger partial charge is 0.283 e. The van der Waals surface area contributed by atoms with E-state index in [2.05, 4.69) is 21.2 Å². The van der Waals surface area contributed by atoms with E-state index in [0.29, 0.717) is 11.1 Å². The molecule has 1 heterocycles. The molecular formula is C11H13BrN2O3. The maximum absolute atomic E-state index is 10.8. The van der Waals surface area contributed by atoms with E-state index < -0.39 is 4.92 Å². The molecule has 0 atom stereocenters. The molecule has 1 saturated heterocycles. The van der Waals surface area contributed by atoms with Crippen molar-refractivity contribution in [3.8, 4) is 0 Å². The van der Waals surface area contributed by atoms with Crippen molar-refractivity contribution in [2.75, 3.05) is 13.1 Å². The Balaban J connectivity index is 2.10. The van der Waals surface area contributed by atoms with Crippen LogP contribution in [0.4, 0.5) is 5.69 Å². The molecule has 1 fully saturated rings. The van der Waals surface area contributed by atoms with E-state index in [1.165, 1.54) is 6.07 Å². The van der Waals surface area contributed by atoms with Gasteiger partial charge in [0.25, 0.3) is 5.69 Å². The molecule has 1 aliphatic rings. The van der Waals surface area contributed by atoms with Gasteiger partial charge in [0, 0.05) is 19.2 Å². The average molecular weight is 301 g/mol. The highest BCUT2D eigenvalue weighted by molar-refractivity contribution is 9.10. The molecule has 1 aliphatic heterocycles. The molecule has 5 nitrogen and oxygen atoms in total. The highest BCUT2D eigenvalue weighted by Crippen LogP contribution is 2.30. The summed E-state index contributed by atoms with van der Waals surface area (Å²) in [6, 6.07) is 4.97. The molecule has 6 heteroatoms. The Morgan fingerprint density at radius 1 is 1.59 bits per heavy atom. The van der Waals surface area contributed by atoms with Gasteiger partial charge in [0.2, 0.25) is 0 Å². The first-order valence-corrected chi connectivity index (χ1v) is 6.08. The van der Waals surface area contributed by atoms with Gasteiger partial charge in [0.05, 0.1) is 17.1 Å². The van der Waals surface area contributed by atoms with Gasteiger partial charge < -0.3 is 10.1 Å². The van der Waals surface area contributed by atoms with Crippen LogP contribution in [0, 0.1) is 10.1 Å². The van der Waals surface area contributed by atoms with Gasteiger partial charge in [-0.05, 0) is 28.4 Å². The summed E-state index contributed by atoms with van der Waals surface area (Å²) < 4.78 is 6.25. The number of nitrogens with zero attached hydrogens (tertiary/aromatic N) is 1. The van der Waals surface area contributed by atoms with Crippen LogP contribution in [-0.2, 0) is 11.3 Å². The number of halogens is 1. The van der Waals surface area contributed by atoms with Crippen LogP contribution in [0.2, 0.25) is 0 Å². The predicted molar refractivity (Wildman–Crippen MR) is 66.9 cm³/mol. The van der Waals surface area contributed by atoms with Crippen molar-refractivity contribution in [3.63, 3.8) is 0 Å². The van der Waals surface area contributed by atoms with Gasteiger partial charge in [-0.15, -0.1) is 0 Å². The van der Waals surface area contributed by atoms with Crippen molar-refractivity contribution in [2.45, 2.75) is 19.1 Å². The molecule has 0 unspecified atom stereocenters. The van der Waals surface area contributed by atoms with Crippen LogP contribution in [0.5, 0.6) is 0 Å². The van der Waals surface area contributed by atoms with Crippen LogP contribution in [0.25, 0.3) is 0 Å². The Hall–Kier alpha value is -0.980. The van der Waals surface area contributed by atoms with Gasteiger partial charge in [-0.25, -0.2) is 0 Å². The first kappa shape index (κ1) is 12.5. The Morgan fingerprint density at radius 2 is 2.29 bits per heavy atom. The van der Waals surface area contributed by atoms with E-state index in [4.69, 9.17) is 4.74 Å². The van der Waals surface area contributed by atoms with E-state index >= 15 is 0 Å². The van der Waals surface area contributed by atoms with Crippen LogP contribution < -0.4 is 5.32 Å². The van der Waals surface area contributed by atoms with Crippen LogP contribution in [0.15, 0.2) is 22.7 Å². The number of nitro benzene ring substituents is 1. The zero-order valence-corrected chi connectivity index (χ0v) is 11.0. The second-order valence-corrected chi connectivity index (χ2v) is 5.14. The Bertz CT molecular complexity index is 446. The lowest BCUT2D eigenvalue weighted by atomic mass is 10.00. The molecule has 92 valence electrons. The van der Waals surface area contributed by atoms with Gasteiger partial charge in [-0.3, -0.25) is 10.1 Å². The quantitative estimate of drug-likeness (QED) is 0.684. The largest absolute Gasteiger partial charge is 0.368 e. The molecule has 17 heavy (non-hydrogen) atoms. The molecular weight excluding hydrogens is 288 g/mol. The van der Waals surface area contributed by atoms with E-state index in [1.54, 1.807) is 6.07 Å². The summed E-state index contributed by atoms with van der Waals surface area (Å²) in [6.07, 6.45) is 0. The first-order valence-electron chi connectivity index (χ1n) is 5.28. The molecule has 0 radical (unpaired) electrons. The predicted octanol–water partition coefficient (Wildman–Crippen LogP) is 2.24. The highest BCUT2D eigenvalue weighted by Gasteiger charge is 2.32. The zero-order chi connectivity index (χ0) is 12.5. The van der Waals surface area contributed by atoms with E-state index in [0.717, 1.165) is 18.7 Å². The molecule has 1 N–H and O–H groups in total. The minimum Gasteiger partial charge on any atom is -0.368 e. The lowest BCUT2D eigenvalue weighted by Gasteiger charge is -2.39. The normalized spacial score (nSPS) is 17.5. The summed E-state index contributed by atoms with van der Waals surface area (Å²) in [5.74, 6) is 0. The molecule has 1 aromatic rings. The second-order valence-electron chi connectivity index (χ2n) is 4.35. The van der Waals surface area contributed by atoms with E-state index in [9.17, 15) is 10.1 Å². The molecule has 0 amide bonds. The minimum absolute atomic E-state index is 0.0722. The topological polar surface area (TPSA) is 64.4 Å². The first-order chi connectivity index (χ1) is 8.02. The van der Waals surface area contributed by atoms with Gasteiger partial charge >= 0.3 is 0 Å². The van der Waals surface area contributed by atoms with E-state index in [1.807, 2.05) is 13.0 Å². The average Bonchev–Trinajstić information content (AvgIpc) is 2.25. The number of rotatable bonds is 4. The Labute approximate surface area is 107 Å². The van der Waals surface area contributed by atoms with Crippen LogP contribution in [0.3, 0.4) is 0 Å². The van der Waals surface area contributed by atoms with Crippen LogP contribution >= 0.6 is 15.9 Å². The maximum Gasteiger partial charge on any atom is 0.283 e. The van der Waals surface area contributed by atoms with Crippen molar-refractivity contribution in [3.05, 3.63) is 38.3 Å². The fraction of sp³-hybridized carbons (Fsp3) is 0.455. The fourth-order valence-corrected chi connectivity index (χ4v) is 2.17. The van der Waals surface area contributed by atoms with Crippen LogP contribution in [0.1, 0.15) is 12.5 Å². The number of hydrogen-bond acceptors (Lipinski definition) is 4. The van der Waals surface area contributed by atoms with Crippen molar-refractivity contribution < 1.29 is 9.66 Å². The third-order valence-electron chi connectivity index (χ3n) is 2.83. The standard InChI is InChI=1S/C11H13BrN2O3/c1-11(6-13-7-11)17-5-8-3-2-4-9(10(8)12)14(15)16/h2-4,13H,5-7H2,1H3. The Kier molecular flexibility index (Phi) is 3.46. The van der Waals surface area contributed by atoms with E-state index in [-0.39, 0.29) is 11.3 Å². The summed E-state index contributed by atoms with van der Waals surface area (Å²) in [5.41, 5.74) is 0.722. The lowest BCUT2D eigenvalue weighted by molar-refractivity contribution is -0.385. The fourth-order valence-electron chi connectivity index (χ4n) is 1.65. The summed E-state index contributed by atoms with van der Waals surface area (Å²) in [6.45, 7) is 4.04. The third kappa shape index (κ3) is 2.65. The van der Waals surface area contributed by atoms with Crippen LogP contribution in [-0.4, -0.2) is 23.6 Å². The number of benzene rings is 1. The monoisotopic (exact) mass is 300 g/mol. The van der Waals surface area contributed by atoms with Crippen molar-refractivity contribution in [1.29, 1.82) is 0 Å². The summed E-state index contributed by atoms with van der Waals surface area (Å²) >= 11 is 3.25. The SMILES string of the molecule is CC1(OCc2cccc([N+](=O)[O-])c2Br)CNC1. The summed E-state index contributed by atoms with van der Waals surface area (Å²) in [4.78, 5) is 10.4. The lowest BCUT2D eigenvalue weighted by Crippen LogP contribution is -2.58. The minimum atomic E-state index is -0.403. The van der Waals surface area contributed by atoms with Crippen molar-refractivity contribution in [2.24, 2.45) is 0 Å². The molecule has 0 aromatic heterocycles. The van der Waals surface area contributed by atoms with Gasteiger partial charge in [-0.2, -0.15) is 0 Å². The number of nitro groups is 1. The second kappa shape index (κ2) is 4.72. The zero-order valence-electron chi connectivity index (χ0n) is 9.40. The molecule has 0 spiro atoms. The third-order valence-corrected chi connectivity index (χ3v) is 3.74. The molecule has 0 bridgehead atoms. The summed E-state index contributed by atoms with van der Waals surface area (Å²) in [5, 5.41) is 13.9. The maximum atomic E-state index is 10.8. The molecule has 0 aliphatic carbocycles. The molecule has 2 rings (SSSR count). The van der Waals surface area contributed by atoms with Gasteiger partial charge in [0.15, 0.2) is 0 Å². The van der Waals surface area contributed by atoms with Crippen molar-refractivity contribution in [1.82, 2.24) is 5.32 Å². The Morgan fingerprint density at radius 3 is 2.82 bits per heavy atom. The highest BCUT2D eigenvalue weighted by atomic mass is 79.9. The number of nitrogens with one attached hydrogen (secondary N) is 1. The van der Waals surface area contributed by atoms with Gasteiger partial charge in [0.1, 0.15) is 4.47 Å².